The van der Waals surface area contributed by atoms with Crippen molar-refractivity contribution in [3.63, 3.8) is 0 Å². The fourth-order valence-electron chi connectivity index (χ4n) is 4.96. The lowest BCUT2D eigenvalue weighted by atomic mass is 9.84. The van der Waals surface area contributed by atoms with Crippen LogP contribution in [0.2, 0.25) is 0 Å². The second kappa shape index (κ2) is 7.08. The monoisotopic (exact) mass is 321 g/mol. The maximum absolute atomic E-state index is 13.1. The van der Waals surface area contributed by atoms with Crippen molar-refractivity contribution in [2.24, 2.45) is 5.92 Å². The molecule has 4 saturated heterocycles. The van der Waals surface area contributed by atoms with Gasteiger partial charge >= 0.3 is 0 Å². The summed E-state index contributed by atoms with van der Waals surface area (Å²) in [6.45, 7) is 7.72. The highest BCUT2D eigenvalue weighted by Crippen LogP contribution is 2.30. The van der Waals surface area contributed by atoms with Crippen molar-refractivity contribution >= 4 is 5.91 Å². The van der Waals surface area contributed by atoms with Crippen LogP contribution in [-0.4, -0.2) is 85.2 Å². The summed E-state index contributed by atoms with van der Waals surface area (Å²) in [5.41, 5.74) is 0. The standard InChI is InChI=1S/C18H31N3O2/c22-18(16-13-19-7-4-8-20(16)10-9-19)21-11-12-23-17(14-21)15-5-2-1-3-6-15/h15-17H,1-14H2/t16-,17+/m0/s1. The van der Waals surface area contributed by atoms with E-state index < -0.39 is 0 Å². The molecule has 4 heterocycles. The topological polar surface area (TPSA) is 36.0 Å². The summed E-state index contributed by atoms with van der Waals surface area (Å²) in [4.78, 5) is 20.2. The zero-order valence-corrected chi connectivity index (χ0v) is 14.3. The van der Waals surface area contributed by atoms with Crippen LogP contribution in [0.25, 0.3) is 0 Å². The molecule has 5 rings (SSSR count). The fourth-order valence-corrected chi connectivity index (χ4v) is 4.96. The number of ether oxygens (including phenoxy) is 1. The van der Waals surface area contributed by atoms with Gasteiger partial charge in [-0.25, -0.2) is 0 Å². The number of nitrogens with zero attached hydrogens (tertiary/aromatic N) is 3. The first-order chi connectivity index (χ1) is 11.3. The lowest BCUT2D eigenvalue weighted by Gasteiger charge is -2.43. The molecule has 1 aliphatic carbocycles. The zero-order valence-electron chi connectivity index (χ0n) is 14.3. The lowest BCUT2D eigenvalue weighted by Crippen LogP contribution is -2.60. The molecule has 5 heteroatoms. The number of amides is 1. The summed E-state index contributed by atoms with van der Waals surface area (Å²) in [6.07, 6.45) is 8.11. The van der Waals surface area contributed by atoms with Crippen molar-refractivity contribution < 1.29 is 9.53 Å². The molecule has 0 radical (unpaired) electrons. The summed E-state index contributed by atoms with van der Waals surface area (Å²) < 4.78 is 6.05. The highest BCUT2D eigenvalue weighted by atomic mass is 16.5. The number of hydrogen-bond donors (Lipinski definition) is 0. The number of piperazine rings is 1. The Balaban J connectivity index is 1.39. The van der Waals surface area contributed by atoms with E-state index in [9.17, 15) is 4.79 Å². The van der Waals surface area contributed by atoms with Gasteiger partial charge in [0.05, 0.1) is 12.7 Å². The van der Waals surface area contributed by atoms with Gasteiger partial charge in [-0.05, 0) is 31.7 Å². The molecule has 5 nitrogen and oxygen atoms in total. The van der Waals surface area contributed by atoms with Gasteiger partial charge in [-0.15, -0.1) is 0 Å². The van der Waals surface area contributed by atoms with Gasteiger partial charge in [-0.1, -0.05) is 19.3 Å². The molecule has 2 bridgehead atoms. The molecule has 5 fully saturated rings. The first-order valence-electron chi connectivity index (χ1n) is 9.68. The van der Waals surface area contributed by atoms with Gasteiger partial charge in [0.25, 0.3) is 0 Å². The van der Waals surface area contributed by atoms with Gasteiger partial charge in [-0.2, -0.15) is 0 Å². The Bertz CT molecular complexity index is 420. The summed E-state index contributed by atoms with van der Waals surface area (Å²) in [6, 6.07) is 0.0938. The van der Waals surface area contributed by atoms with Crippen molar-refractivity contribution in [3.8, 4) is 0 Å². The number of carbonyl (C=O) groups excluding carboxylic acids is 1. The van der Waals surface area contributed by atoms with Crippen molar-refractivity contribution in [2.75, 3.05) is 52.4 Å². The first-order valence-corrected chi connectivity index (χ1v) is 9.68. The van der Waals surface area contributed by atoms with Crippen LogP contribution >= 0.6 is 0 Å². The van der Waals surface area contributed by atoms with E-state index in [1.807, 2.05) is 0 Å². The quantitative estimate of drug-likeness (QED) is 0.765. The fraction of sp³-hybridized carbons (Fsp3) is 0.944. The van der Waals surface area contributed by atoms with Crippen LogP contribution in [0, 0.1) is 5.92 Å². The molecule has 0 N–H and O–H groups in total. The van der Waals surface area contributed by atoms with E-state index in [2.05, 4.69) is 14.7 Å². The van der Waals surface area contributed by atoms with Crippen LogP contribution < -0.4 is 0 Å². The van der Waals surface area contributed by atoms with E-state index in [4.69, 9.17) is 4.74 Å². The molecule has 5 aliphatic rings. The van der Waals surface area contributed by atoms with E-state index in [0.29, 0.717) is 11.8 Å². The highest BCUT2D eigenvalue weighted by Gasteiger charge is 2.39. The first kappa shape index (κ1) is 15.9. The van der Waals surface area contributed by atoms with Crippen LogP contribution in [-0.2, 0) is 9.53 Å². The Morgan fingerprint density at radius 1 is 0.870 bits per heavy atom. The Hall–Kier alpha value is -0.650. The van der Waals surface area contributed by atoms with E-state index >= 15 is 0 Å². The van der Waals surface area contributed by atoms with E-state index in [1.165, 1.54) is 38.5 Å². The largest absolute Gasteiger partial charge is 0.374 e. The Morgan fingerprint density at radius 3 is 2.61 bits per heavy atom. The maximum atomic E-state index is 13.1. The van der Waals surface area contributed by atoms with Crippen molar-refractivity contribution in [3.05, 3.63) is 0 Å². The molecule has 0 aromatic heterocycles. The van der Waals surface area contributed by atoms with E-state index in [0.717, 1.165) is 52.4 Å². The average Bonchev–Trinajstić information content (AvgIpc) is 2.98. The van der Waals surface area contributed by atoms with Gasteiger partial charge in [0.15, 0.2) is 0 Å². The van der Waals surface area contributed by atoms with Gasteiger partial charge in [0.2, 0.25) is 5.91 Å². The lowest BCUT2D eigenvalue weighted by molar-refractivity contribution is -0.148. The third-order valence-corrected chi connectivity index (χ3v) is 6.36. The van der Waals surface area contributed by atoms with E-state index in [-0.39, 0.29) is 12.1 Å². The molecule has 130 valence electrons. The minimum atomic E-state index is 0.0938. The number of fused-ring (bicyclic) bond motifs is 4. The number of morpholine rings is 1. The van der Waals surface area contributed by atoms with Crippen molar-refractivity contribution in [2.45, 2.75) is 50.7 Å². The van der Waals surface area contributed by atoms with Crippen LogP contribution in [0.1, 0.15) is 38.5 Å². The normalized spacial score (nSPS) is 39.2. The molecule has 1 amide bonds. The second-order valence-corrected chi connectivity index (χ2v) is 7.80. The smallest absolute Gasteiger partial charge is 0.241 e. The summed E-state index contributed by atoms with van der Waals surface area (Å²) in [5, 5.41) is 0. The van der Waals surface area contributed by atoms with Crippen molar-refractivity contribution in [1.82, 2.24) is 14.7 Å². The molecular weight excluding hydrogens is 290 g/mol. The Kier molecular flexibility index (Phi) is 4.88. The third kappa shape index (κ3) is 3.42. The molecule has 23 heavy (non-hydrogen) atoms. The molecule has 1 saturated carbocycles. The van der Waals surface area contributed by atoms with Crippen LogP contribution in [0.4, 0.5) is 0 Å². The highest BCUT2D eigenvalue weighted by molar-refractivity contribution is 5.82. The third-order valence-electron chi connectivity index (χ3n) is 6.36. The van der Waals surface area contributed by atoms with Crippen LogP contribution in [0.15, 0.2) is 0 Å². The molecule has 0 spiro atoms. The summed E-state index contributed by atoms with van der Waals surface area (Å²) >= 11 is 0. The Labute approximate surface area is 139 Å². The SMILES string of the molecule is O=C([C@@H]1CN2CCCN1CC2)N1CCO[C@@H](C2CCCCC2)C1. The summed E-state index contributed by atoms with van der Waals surface area (Å²) in [5.74, 6) is 1.04. The van der Waals surface area contributed by atoms with Gasteiger partial charge in [0, 0.05) is 39.3 Å². The molecule has 0 aromatic carbocycles. The Morgan fingerprint density at radius 2 is 1.74 bits per heavy atom. The molecular formula is C18H31N3O2. The van der Waals surface area contributed by atoms with Crippen LogP contribution in [0.5, 0.6) is 0 Å². The number of hydrogen-bond acceptors (Lipinski definition) is 4. The molecule has 0 aromatic rings. The predicted molar refractivity (Wildman–Crippen MR) is 89.3 cm³/mol. The predicted octanol–water partition coefficient (Wildman–Crippen LogP) is 1.18. The maximum Gasteiger partial charge on any atom is 0.241 e. The average molecular weight is 321 g/mol. The van der Waals surface area contributed by atoms with Crippen molar-refractivity contribution in [1.29, 1.82) is 0 Å². The zero-order chi connectivity index (χ0) is 15.6. The van der Waals surface area contributed by atoms with Gasteiger partial charge in [-0.3, -0.25) is 14.6 Å². The van der Waals surface area contributed by atoms with Gasteiger partial charge in [0.1, 0.15) is 6.04 Å². The number of rotatable bonds is 2. The van der Waals surface area contributed by atoms with Crippen LogP contribution in [0.3, 0.4) is 0 Å². The molecule has 2 unspecified atom stereocenters. The van der Waals surface area contributed by atoms with Gasteiger partial charge < -0.3 is 9.64 Å². The minimum absolute atomic E-state index is 0.0938. The summed E-state index contributed by atoms with van der Waals surface area (Å²) in [7, 11) is 0. The molecule has 4 atom stereocenters. The minimum Gasteiger partial charge on any atom is -0.374 e. The number of carbonyl (C=O) groups is 1. The molecule has 4 aliphatic heterocycles. The second-order valence-electron chi connectivity index (χ2n) is 7.80. The van der Waals surface area contributed by atoms with E-state index in [1.54, 1.807) is 0 Å².